The van der Waals surface area contributed by atoms with Crippen molar-refractivity contribution in [3.8, 4) is 0 Å². The molecular weight excluding hydrogens is 194 g/mol. The molecule has 0 radical (unpaired) electrons. The van der Waals surface area contributed by atoms with Crippen molar-refractivity contribution in [2.75, 3.05) is 13.1 Å². The Labute approximate surface area is 87.7 Å². The molecule has 1 aromatic rings. The Bertz CT molecular complexity index is 349. The maximum absolute atomic E-state index is 11.7. The molecule has 0 unspecified atom stereocenters. The smallest absolute Gasteiger partial charge is 0.242 e. The summed E-state index contributed by atoms with van der Waals surface area (Å²) < 4.78 is 1.73. The molecule has 0 saturated carbocycles. The highest BCUT2D eigenvalue weighted by atomic mass is 16.2. The average molecular weight is 207 g/mol. The summed E-state index contributed by atoms with van der Waals surface area (Å²) in [5, 5.41) is 0. The lowest BCUT2D eigenvalue weighted by atomic mass is 10.1. The third kappa shape index (κ3) is 2.43. The van der Waals surface area contributed by atoms with Gasteiger partial charge in [0, 0.05) is 38.3 Å². The predicted molar refractivity (Wildman–Crippen MR) is 53.0 cm³/mol. The number of aromatic nitrogens is 2. The lowest BCUT2D eigenvalue weighted by Crippen LogP contribution is -2.40. The summed E-state index contributed by atoms with van der Waals surface area (Å²) >= 11 is 0. The molecule has 0 N–H and O–H groups in total. The summed E-state index contributed by atoms with van der Waals surface area (Å²) in [7, 11) is 0. The molecule has 0 spiro atoms. The summed E-state index contributed by atoms with van der Waals surface area (Å²) in [4.78, 5) is 28.3. The van der Waals surface area contributed by atoms with E-state index in [1.165, 1.54) is 0 Å². The number of likely N-dealkylation sites (tertiary alicyclic amines) is 1. The van der Waals surface area contributed by atoms with Crippen LogP contribution in [0.3, 0.4) is 0 Å². The fourth-order valence-corrected chi connectivity index (χ4v) is 1.64. The number of ketones is 1. The molecule has 0 atom stereocenters. The van der Waals surface area contributed by atoms with Crippen LogP contribution in [-0.4, -0.2) is 39.2 Å². The fourth-order valence-electron chi connectivity index (χ4n) is 1.64. The molecule has 15 heavy (non-hydrogen) atoms. The molecule has 0 aliphatic carbocycles. The second-order valence-corrected chi connectivity index (χ2v) is 3.65. The van der Waals surface area contributed by atoms with Crippen molar-refractivity contribution in [1.82, 2.24) is 14.5 Å². The van der Waals surface area contributed by atoms with Gasteiger partial charge in [-0.2, -0.15) is 0 Å². The maximum atomic E-state index is 11.7. The minimum atomic E-state index is 0.0560. The Morgan fingerprint density at radius 3 is 2.73 bits per heavy atom. The quantitative estimate of drug-likeness (QED) is 0.689. The first-order chi connectivity index (χ1) is 7.25. The first kappa shape index (κ1) is 9.89. The number of rotatable bonds is 2. The van der Waals surface area contributed by atoms with Crippen LogP contribution in [0, 0.1) is 0 Å². The Morgan fingerprint density at radius 2 is 2.13 bits per heavy atom. The molecule has 80 valence electrons. The normalized spacial score (nSPS) is 16.8. The molecule has 1 amide bonds. The Morgan fingerprint density at radius 1 is 1.40 bits per heavy atom. The summed E-state index contributed by atoms with van der Waals surface area (Å²) in [6.45, 7) is 1.44. The van der Waals surface area contributed by atoms with E-state index in [0.29, 0.717) is 32.5 Å². The van der Waals surface area contributed by atoms with Crippen LogP contribution >= 0.6 is 0 Å². The van der Waals surface area contributed by atoms with Gasteiger partial charge in [-0.1, -0.05) is 0 Å². The lowest BCUT2D eigenvalue weighted by molar-refractivity contribution is -0.135. The number of carbonyl (C=O) groups is 2. The van der Waals surface area contributed by atoms with E-state index >= 15 is 0 Å². The van der Waals surface area contributed by atoms with Gasteiger partial charge in [-0.3, -0.25) is 9.59 Å². The van der Waals surface area contributed by atoms with E-state index in [-0.39, 0.29) is 11.7 Å². The molecule has 1 aromatic heterocycles. The highest BCUT2D eigenvalue weighted by Crippen LogP contribution is 2.06. The molecular formula is C10H13N3O2. The number of piperidine rings is 1. The number of hydrogen-bond acceptors (Lipinski definition) is 3. The molecule has 2 heterocycles. The SMILES string of the molecule is O=C1CCN(C(=O)Cn2ccnc2)CC1. The fraction of sp³-hybridized carbons (Fsp3) is 0.500. The van der Waals surface area contributed by atoms with E-state index < -0.39 is 0 Å². The van der Waals surface area contributed by atoms with E-state index in [2.05, 4.69) is 4.98 Å². The van der Waals surface area contributed by atoms with Gasteiger partial charge in [0.1, 0.15) is 12.3 Å². The molecule has 1 aliphatic rings. The van der Waals surface area contributed by atoms with Crippen LogP contribution in [0.5, 0.6) is 0 Å². The van der Waals surface area contributed by atoms with Gasteiger partial charge >= 0.3 is 0 Å². The van der Waals surface area contributed by atoms with Gasteiger partial charge < -0.3 is 9.47 Å². The molecule has 1 aliphatic heterocycles. The monoisotopic (exact) mass is 207 g/mol. The zero-order valence-electron chi connectivity index (χ0n) is 8.43. The topological polar surface area (TPSA) is 55.2 Å². The van der Waals surface area contributed by atoms with Gasteiger partial charge in [0.05, 0.1) is 6.33 Å². The standard InChI is InChI=1S/C10H13N3O2/c14-9-1-4-13(5-2-9)10(15)7-12-6-3-11-8-12/h3,6,8H,1-2,4-5,7H2. The summed E-state index contributed by atoms with van der Waals surface area (Å²) in [6, 6.07) is 0. The third-order valence-corrected chi connectivity index (χ3v) is 2.55. The molecule has 1 saturated heterocycles. The van der Waals surface area contributed by atoms with Gasteiger partial charge in [-0.15, -0.1) is 0 Å². The van der Waals surface area contributed by atoms with Crippen LogP contribution in [-0.2, 0) is 16.1 Å². The van der Waals surface area contributed by atoms with Crippen molar-refractivity contribution in [3.63, 3.8) is 0 Å². The first-order valence-corrected chi connectivity index (χ1v) is 5.01. The van der Waals surface area contributed by atoms with Crippen LogP contribution in [0.15, 0.2) is 18.7 Å². The van der Waals surface area contributed by atoms with Gasteiger partial charge in [0.15, 0.2) is 0 Å². The Kier molecular flexibility index (Phi) is 2.80. The van der Waals surface area contributed by atoms with E-state index in [9.17, 15) is 9.59 Å². The van der Waals surface area contributed by atoms with Gasteiger partial charge in [0.2, 0.25) is 5.91 Å². The minimum Gasteiger partial charge on any atom is -0.340 e. The Balaban J connectivity index is 1.89. The van der Waals surface area contributed by atoms with Crippen LogP contribution in [0.1, 0.15) is 12.8 Å². The largest absolute Gasteiger partial charge is 0.340 e. The maximum Gasteiger partial charge on any atom is 0.242 e. The zero-order chi connectivity index (χ0) is 10.7. The average Bonchev–Trinajstić information content (AvgIpc) is 2.71. The van der Waals surface area contributed by atoms with Crippen molar-refractivity contribution in [2.45, 2.75) is 19.4 Å². The second kappa shape index (κ2) is 4.25. The van der Waals surface area contributed by atoms with Crippen LogP contribution < -0.4 is 0 Å². The number of Topliss-reactive ketones (excluding diaryl/α,β-unsaturated/α-hetero) is 1. The minimum absolute atomic E-state index is 0.0560. The predicted octanol–water partition coefficient (Wildman–Crippen LogP) is 0.0746. The highest BCUT2D eigenvalue weighted by Gasteiger charge is 2.20. The highest BCUT2D eigenvalue weighted by molar-refractivity contribution is 5.83. The second-order valence-electron chi connectivity index (χ2n) is 3.65. The molecule has 2 rings (SSSR count). The van der Waals surface area contributed by atoms with Crippen molar-refractivity contribution in [1.29, 1.82) is 0 Å². The first-order valence-electron chi connectivity index (χ1n) is 5.01. The zero-order valence-corrected chi connectivity index (χ0v) is 8.43. The van der Waals surface area contributed by atoms with E-state index in [1.54, 1.807) is 28.2 Å². The molecule has 5 nitrogen and oxygen atoms in total. The van der Waals surface area contributed by atoms with E-state index in [1.807, 2.05) is 0 Å². The number of nitrogens with zero attached hydrogens (tertiary/aromatic N) is 3. The van der Waals surface area contributed by atoms with Crippen molar-refractivity contribution < 1.29 is 9.59 Å². The summed E-state index contributed by atoms with van der Waals surface area (Å²) in [5.74, 6) is 0.308. The summed E-state index contributed by atoms with van der Waals surface area (Å²) in [6.07, 6.45) is 6.01. The molecule has 1 fully saturated rings. The molecule has 5 heteroatoms. The molecule has 0 aromatic carbocycles. The molecule has 0 bridgehead atoms. The summed E-state index contributed by atoms with van der Waals surface area (Å²) in [5.41, 5.74) is 0. The van der Waals surface area contributed by atoms with E-state index in [4.69, 9.17) is 0 Å². The van der Waals surface area contributed by atoms with Gasteiger partial charge in [-0.25, -0.2) is 4.98 Å². The number of carbonyl (C=O) groups excluding carboxylic acids is 2. The number of amides is 1. The van der Waals surface area contributed by atoms with Gasteiger partial charge in [0.25, 0.3) is 0 Å². The number of imidazole rings is 1. The van der Waals surface area contributed by atoms with Gasteiger partial charge in [-0.05, 0) is 0 Å². The van der Waals surface area contributed by atoms with Crippen molar-refractivity contribution in [2.24, 2.45) is 0 Å². The Hall–Kier alpha value is -1.65. The van der Waals surface area contributed by atoms with E-state index in [0.717, 1.165) is 0 Å². The third-order valence-electron chi connectivity index (χ3n) is 2.55. The van der Waals surface area contributed by atoms with Crippen molar-refractivity contribution >= 4 is 11.7 Å². The lowest BCUT2D eigenvalue weighted by Gasteiger charge is -2.26. The van der Waals surface area contributed by atoms with Crippen LogP contribution in [0.2, 0.25) is 0 Å². The number of hydrogen-bond donors (Lipinski definition) is 0. The van der Waals surface area contributed by atoms with Crippen LogP contribution in [0.25, 0.3) is 0 Å². The van der Waals surface area contributed by atoms with Crippen LogP contribution in [0.4, 0.5) is 0 Å². The van der Waals surface area contributed by atoms with Crippen molar-refractivity contribution in [3.05, 3.63) is 18.7 Å².